The molecule has 0 amide bonds. The van der Waals surface area contributed by atoms with E-state index in [0.29, 0.717) is 4.57 Å². The van der Waals surface area contributed by atoms with Crippen LogP contribution < -0.4 is 11.4 Å². The summed E-state index contributed by atoms with van der Waals surface area (Å²) in [6.45, 7) is -2.81. The molecule has 216 valence electrons. The predicted molar refractivity (Wildman–Crippen MR) is 122 cm³/mol. The van der Waals surface area contributed by atoms with Gasteiger partial charge in [-0.15, -0.1) is 0 Å². The van der Waals surface area contributed by atoms with Crippen molar-refractivity contribution in [3.8, 4) is 0 Å². The summed E-state index contributed by atoms with van der Waals surface area (Å²) in [5.74, 6) is -6.42. The van der Waals surface area contributed by atoms with Crippen molar-refractivity contribution in [3.05, 3.63) is 78.8 Å². The van der Waals surface area contributed by atoms with E-state index in [2.05, 4.69) is 4.98 Å². The Kier molecular flexibility index (Phi) is 8.10. The normalized spacial score (nSPS) is 20.5. The van der Waals surface area contributed by atoms with Gasteiger partial charge in [-0.1, -0.05) is 0 Å². The van der Waals surface area contributed by atoms with Crippen molar-refractivity contribution in [2.24, 2.45) is 0 Å². The number of aromatic nitrogens is 2. The molecule has 21 heteroatoms. The van der Waals surface area contributed by atoms with Gasteiger partial charge in [-0.3, -0.25) is 38.4 Å². The van der Waals surface area contributed by atoms with E-state index in [1.165, 1.54) is 0 Å². The molecule has 3 aromatic heterocycles. The number of aliphatic hydroxyl groups excluding tert-OH is 1. The molecule has 1 fully saturated rings. The van der Waals surface area contributed by atoms with E-state index in [4.69, 9.17) is 32.9 Å². The summed E-state index contributed by atoms with van der Waals surface area (Å²) in [6, 6.07) is 5.05. The van der Waals surface area contributed by atoms with E-state index in [-0.39, 0.29) is 17.3 Å². The number of nitrogens with two attached hydrogens (primary N) is 1. The molecule has 40 heavy (non-hydrogen) atoms. The average molecular weight is 593 g/mol. The van der Waals surface area contributed by atoms with Crippen LogP contribution in [-0.2, 0) is 36.1 Å². The number of rotatable bonds is 12. The molecular formula is C19H18F2N5O13P. The van der Waals surface area contributed by atoms with Crippen LogP contribution in [0, 0.1) is 20.2 Å². The van der Waals surface area contributed by atoms with Gasteiger partial charge in [0.15, 0.2) is 6.10 Å². The number of nitrogens with zero attached hydrogens (tertiary/aromatic N) is 4. The van der Waals surface area contributed by atoms with Gasteiger partial charge < -0.3 is 24.4 Å². The van der Waals surface area contributed by atoms with Crippen molar-refractivity contribution in [2.45, 2.75) is 37.6 Å². The van der Waals surface area contributed by atoms with Gasteiger partial charge in [0.2, 0.25) is 6.23 Å². The van der Waals surface area contributed by atoms with Gasteiger partial charge in [0, 0.05) is 6.20 Å². The molecule has 0 saturated carbocycles. The molecule has 1 aliphatic rings. The van der Waals surface area contributed by atoms with Crippen LogP contribution in [0.15, 0.2) is 50.2 Å². The van der Waals surface area contributed by atoms with Gasteiger partial charge in [0.05, 0.1) is 18.7 Å². The molecule has 3 aromatic rings. The second kappa shape index (κ2) is 11.2. The number of phosphoric ester groups is 1. The first-order valence-corrected chi connectivity index (χ1v) is 12.3. The van der Waals surface area contributed by atoms with Gasteiger partial charge in [0.25, 0.3) is 0 Å². The average Bonchev–Trinajstić information content (AvgIpc) is 3.61. The Morgan fingerprint density at radius 2 is 1.62 bits per heavy atom. The minimum absolute atomic E-state index is 0.267. The lowest BCUT2D eigenvalue weighted by atomic mass is 10.1. The number of phosphoric acid groups is 1. The number of nitro groups is 2. The molecule has 4 heterocycles. The maximum Gasteiger partial charge on any atom is 0.476 e. The van der Waals surface area contributed by atoms with Crippen LogP contribution in [0.5, 0.6) is 0 Å². The molecule has 0 aliphatic carbocycles. The smallest absolute Gasteiger partial charge is 0.403 e. The van der Waals surface area contributed by atoms with Gasteiger partial charge >= 0.3 is 31.2 Å². The van der Waals surface area contributed by atoms with E-state index < -0.39 is 79.3 Å². The van der Waals surface area contributed by atoms with Gasteiger partial charge in [-0.25, -0.2) is 9.36 Å². The van der Waals surface area contributed by atoms with Crippen LogP contribution in [0.1, 0.15) is 17.7 Å². The summed E-state index contributed by atoms with van der Waals surface area (Å²) >= 11 is 0. The van der Waals surface area contributed by atoms with Crippen molar-refractivity contribution in [1.82, 2.24) is 9.55 Å². The van der Waals surface area contributed by atoms with Crippen molar-refractivity contribution in [2.75, 3.05) is 12.3 Å². The highest BCUT2D eigenvalue weighted by Gasteiger charge is 2.63. The highest BCUT2D eigenvalue weighted by atomic mass is 31.2. The number of halogens is 2. The second-order valence-corrected chi connectivity index (χ2v) is 9.56. The molecule has 0 radical (unpaired) electrons. The van der Waals surface area contributed by atoms with Crippen molar-refractivity contribution < 1.29 is 55.4 Å². The fourth-order valence-corrected chi connectivity index (χ4v) is 4.78. The van der Waals surface area contributed by atoms with E-state index in [9.17, 15) is 34.7 Å². The van der Waals surface area contributed by atoms with E-state index in [1.807, 2.05) is 0 Å². The number of hydrogen-bond acceptors (Lipinski definition) is 15. The lowest BCUT2D eigenvalue weighted by molar-refractivity contribution is -0.402. The lowest BCUT2D eigenvalue weighted by Crippen LogP contribution is -2.43. The maximum absolute atomic E-state index is 15.5. The SMILES string of the molecule is Nc1ccn([C@@H]2O[C@H](CO)C(OP(=O)(OCc3ccc([N+](=O)[O-])o3)OCc3ccc([N+](=O)[O-])o3)C2(F)F)c(=O)n1. The summed E-state index contributed by atoms with van der Waals surface area (Å²) in [6.07, 6.45) is -5.99. The Labute approximate surface area is 219 Å². The Balaban J connectivity index is 1.61. The van der Waals surface area contributed by atoms with Gasteiger partial charge in [0.1, 0.15) is 46.5 Å². The standard InChI is InChI=1S/C19H18F2N5O13P/c20-19(21)16(12(7-27)38-17(19)24-6-5-13(22)23-18(24)28)39-40(33,34-8-10-1-3-14(36-10)25(29)30)35-9-11-2-4-15(37-11)26(31)32/h1-6,12,16-17,27H,7-9H2,(H2,22,23,28)/t12-,16?,17-/m1/s1. The van der Waals surface area contributed by atoms with E-state index in [1.54, 1.807) is 0 Å². The fourth-order valence-electron chi connectivity index (χ4n) is 3.46. The van der Waals surface area contributed by atoms with Gasteiger partial charge in [-0.05, 0) is 18.2 Å². The van der Waals surface area contributed by atoms with Crippen LogP contribution in [0.4, 0.5) is 26.4 Å². The molecular weight excluding hydrogens is 575 g/mol. The zero-order chi connectivity index (χ0) is 29.2. The molecule has 0 bridgehead atoms. The molecule has 0 aromatic carbocycles. The quantitative estimate of drug-likeness (QED) is 0.174. The molecule has 1 unspecified atom stereocenters. The molecule has 4 rings (SSSR count). The lowest BCUT2D eigenvalue weighted by Gasteiger charge is -2.27. The first kappa shape index (κ1) is 28.9. The Morgan fingerprint density at radius 1 is 1.07 bits per heavy atom. The number of nitrogen functional groups attached to an aromatic ring is 1. The van der Waals surface area contributed by atoms with Crippen LogP contribution in [0.25, 0.3) is 0 Å². The summed E-state index contributed by atoms with van der Waals surface area (Å²) in [4.78, 5) is 35.4. The molecule has 1 saturated heterocycles. The van der Waals surface area contributed by atoms with Crippen LogP contribution in [0.2, 0.25) is 0 Å². The summed E-state index contributed by atoms with van der Waals surface area (Å²) < 4.78 is 75.0. The topological polar surface area (TPSA) is 248 Å². The molecule has 3 N–H and O–H groups in total. The van der Waals surface area contributed by atoms with E-state index >= 15 is 8.78 Å². The summed E-state index contributed by atoms with van der Waals surface area (Å²) in [5, 5.41) is 31.4. The van der Waals surface area contributed by atoms with E-state index in [0.717, 1.165) is 36.5 Å². The Hall–Kier alpha value is -4.07. The minimum Gasteiger partial charge on any atom is -0.403 e. The Morgan fingerprint density at radius 3 is 2.08 bits per heavy atom. The largest absolute Gasteiger partial charge is 0.476 e. The zero-order valence-electron chi connectivity index (χ0n) is 19.7. The minimum atomic E-state index is -5.15. The third-order valence-electron chi connectivity index (χ3n) is 5.26. The number of alkyl halides is 2. The van der Waals surface area contributed by atoms with Crippen molar-refractivity contribution >= 4 is 25.4 Å². The second-order valence-electron chi connectivity index (χ2n) is 7.94. The Bertz CT molecular complexity index is 1450. The van der Waals surface area contributed by atoms with Gasteiger partial charge in [-0.2, -0.15) is 13.8 Å². The number of furan rings is 2. The summed E-state index contributed by atoms with van der Waals surface area (Å²) in [7, 11) is -5.15. The first-order valence-electron chi connectivity index (χ1n) is 10.9. The highest BCUT2D eigenvalue weighted by Crippen LogP contribution is 2.57. The number of anilines is 1. The number of hydrogen-bond donors (Lipinski definition) is 2. The molecule has 1 aliphatic heterocycles. The summed E-state index contributed by atoms with van der Waals surface area (Å²) in [5.41, 5.74) is 4.15. The highest BCUT2D eigenvalue weighted by molar-refractivity contribution is 7.48. The molecule has 0 spiro atoms. The van der Waals surface area contributed by atoms with Crippen molar-refractivity contribution in [1.29, 1.82) is 0 Å². The predicted octanol–water partition coefficient (Wildman–Crippen LogP) is 2.28. The monoisotopic (exact) mass is 593 g/mol. The number of aliphatic hydroxyl groups is 1. The molecule has 3 atom stereocenters. The number of ether oxygens (including phenoxy) is 1. The molecule has 18 nitrogen and oxygen atoms in total. The maximum atomic E-state index is 15.5. The third kappa shape index (κ3) is 6.06. The van der Waals surface area contributed by atoms with Crippen LogP contribution >= 0.6 is 7.82 Å². The third-order valence-corrected chi connectivity index (χ3v) is 6.64. The first-order chi connectivity index (χ1) is 18.8. The fraction of sp³-hybridized carbons (Fsp3) is 0.368. The zero-order valence-corrected chi connectivity index (χ0v) is 20.6. The van der Waals surface area contributed by atoms with Crippen LogP contribution in [-0.4, -0.2) is 49.2 Å². The van der Waals surface area contributed by atoms with Crippen LogP contribution in [0.3, 0.4) is 0 Å². The van der Waals surface area contributed by atoms with Crippen molar-refractivity contribution in [3.63, 3.8) is 0 Å².